The first-order valence-corrected chi connectivity index (χ1v) is 7.32. The maximum absolute atomic E-state index is 13.7. The van der Waals surface area contributed by atoms with E-state index in [0.717, 1.165) is 17.4 Å². The summed E-state index contributed by atoms with van der Waals surface area (Å²) >= 11 is 0. The Labute approximate surface area is 149 Å². The van der Waals surface area contributed by atoms with Crippen molar-refractivity contribution in [1.29, 1.82) is 0 Å². The first kappa shape index (κ1) is 15.9. The molecule has 3 rings (SSSR count). The molecule has 2 heteroatoms. The minimum absolute atomic E-state index is 0. The summed E-state index contributed by atoms with van der Waals surface area (Å²) in [6.45, 7) is 1.84. The molecule has 0 N–H and O–H groups in total. The Morgan fingerprint density at radius 1 is 1.16 bits per heavy atom. The third-order valence-electron chi connectivity index (χ3n) is 5.02. The molecule has 3 atom stereocenters. The summed E-state index contributed by atoms with van der Waals surface area (Å²) in [4.78, 5) is 0. The van der Waals surface area contributed by atoms with Crippen molar-refractivity contribution in [3.63, 3.8) is 0 Å². The third-order valence-corrected chi connectivity index (χ3v) is 5.02. The summed E-state index contributed by atoms with van der Waals surface area (Å²) < 4.78 is 13.7. The molecule has 0 bridgehead atoms. The van der Waals surface area contributed by atoms with Crippen LogP contribution in [-0.4, -0.2) is 0 Å². The molecule has 0 heterocycles. The van der Waals surface area contributed by atoms with Crippen molar-refractivity contribution in [3.05, 3.63) is 41.6 Å². The average Bonchev–Trinajstić information content (AvgIpc) is 2.41. The molecule has 2 aliphatic rings. The Morgan fingerprint density at radius 3 is 2.79 bits per heavy atom. The van der Waals surface area contributed by atoms with Crippen molar-refractivity contribution in [2.45, 2.75) is 51.4 Å². The Bertz CT molecular complexity index is 429. The van der Waals surface area contributed by atoms with E-state index in [1.54, 1.807) is 6.07 Å². The molecule has 2 aliphatic carbocycles. The Morgan fingerprint density at radius 2 is 2.00 bits per heavy atom. The van der Waals surface area contributed by atoms with Gasteiger partial charge in [0.2, 0.25) is 0 Å². The number of hydrogen-bond acceptors (Lipinski definition) is 0. The molecule has 0 aromatic heterocycles. The number of aryl methyl sites for hydroxylation is 1. The summed E-state index contributed by atoms with van der Waals surface area (Å²) in [6.07, 6.45) is 10.3. The normalized spacial score (nSPS) is 30.3. The molecular weight excluding hydrogens is 364 g/mol. The molecule has 1 aromatic rings. The molecule has 1 radical (unpaired) electrons. The van der Waals surface area contributed by atoms with Crippen LogP contribution in [0.2, 0.25) is 0 Å². The van der Waals surface area contributed by atoms with Crippen LogP contribution < -0.4 is 0 Å². The fourth-order valence-electron chi connectivity index (χ4n) is 3.82. The van der Waals surface area contributed by atoms with E-state index in [1.807, 2.05) is 13.0 Å². The Kier molecular flexibility index (Phi) is 5.84. The van der Waals surface area contributed by atoms with E-state index in [4.69, 9.17) is 0 Å². The largest absolute Gasteiger partial charge is 0.328 e. The van der Waals surface area contributed by atoms with Crippen molar-refractivity contribution in [3.8, 4) is 0 Å². The van der Waals surface area contributed by atoms with Crippen LogP contribution in [0.1, 0.15) is 55.6 Å². The van der Waals surface area contributed by atoms with Gasteiger partial charge in [0.25, 0.3) is 0 Å². The van der Waals surface area contributed by atoms with Crippen LogP contribution in [0, 0.1) is 72.3 Å². The van der Waals surface area contributed by atoms with Gasteiger partial charge in [0.1, 0.15) is 5.82 Å². The number of rotatable bonds is 1. The van der Waals surface area contributed by atoms with Gasteiger partial charge < -0.3 is 6.42 Å². The van der Waals surface area contributed by atoms with Crippen LogP contribution in [0.5, 0.6) is 0 Å². The predicted molar refractivity (Wildman–Crippen MR) is 72.9 cm³/mol. The molecule has 0 aliphatic heterocycles. The monoisotopic (exact) mass is 386 g/mol. The van der Waals surface area contributed by atoms with Crippen molar-refractivity contribution >= 4 is 0 Å². The van der Waals surface area contributed by atoms with E-state index in [0.29, 0.717) is 5.92 Å². The van der Waals surface area contributed by atoms with Crippen LogP contribution >= 0.6 is 0 Å². The van der Waals surface area contributed by atoms with E-state index in [2.05, 4.69) is 12.5 Å². The molecule has 0 amide bonds. The molecular formula is C17H22FPr-. The van der Waals surface area contributed by atoms with Gasteiger partial charge in [0, 0.05) is 41.3 Å². The average molecular weight is 386 g/mol. The van der Waals surface area contributed by atoms with Gasteiger partial charge in [0.15, 0.2) is 0 Å². The second kappa shape index (κ2) is 6.98. The smallest absolute Gasteiger partial charge is 0.126 e. The molecule has 2 fully saturated rings. The van der Waals surface area contributed by atoms with Gasteiger partial charge in [-0.05, 0) is 48.8 Å². The Hall–Kier alpha value is 0.514. The van der Waals surface area contributed by atoms with Crippen molar-refractivity contribution in [1.82, 2.24) is 0 Å². The third kappa shape index (κ3) is 3.59. The zero-order valence-corrected chi connectivity index (χ0v) is 15.4. The van der Waals surface area contributed by atoms with E-state index in [9.17, 15) is 4.39 Å². The van der Waals surface area contributed by atoms with Gasteiger partial charge in [-0.15, -0.1) is 0 Å². The van der Waals surface area contributed by atoms with Gasteiger partial charge >= 0.3 is 0 Å². The standard InChI is InChI=1S/C17H22F.Pr/c1-12-6-7-16(11-17(12)18)15-9-8-13-4-2-3-5-14(13)10-15;/h2,6-7,11,13-15H,3-5,8-10H2,1H3;/q-1;. The first-order valence-electron chi connectivity index (χ1n) is 7.32. The van der Waals surface area contributed by atoms with E-state index < -0.39 is 0 Å². The van der Waals surface area contributed by atoms with Gasteiger partial charge in [0.05, 0.1) is 0 Å². The topological polar surface area (TPSA) is 0 Å². The predicted octanol–water partition coefficient (Wildman–Crippen LogP) is 5.02. The summed E-state index contributed by atoms with van der Waals surface area (Å²) in [5.41, 5.74) is 1.99. The summed E-state index contributed by atoms with van der Waals surface area (Å²) in [5, 5.41) is 0. The fraction of sp³-hybridized carbons (Fsp3) is 0.588. The SMILES string of the molecule is Cc1ccc(C2CCC3C[CH-]CCC3C2)cc1F.[Pr]. The number of fused-ring (bicyclic) bond motifs is 1. The second-order valence-electron chi connectivity index (χ2n) is 6.14. The van der Waals surface area contributed by atoms with Gasteiger partial charge in [-0.25, -0.2) is 4.39 Å². The molecule has 0 nitrogen and oxygen atoms in total. The Balaban J connectivity index is 0.00000133. The number of halogens is 1. The number of benzene rings is 1. The van der Waals surface area contributed by atoms with Crippen LogP contribution in [0.15, 0.2) is 18.2 Å². The van der Waals surface area contributed by atoms with E-state index >= 15 is 0 Å². The van der Waals surface area contributed by atoms with Gasteiger partial charge in [-0.1, -0.05) is 30.9 Å². The van der Waals surface area contributed by atoms with Crippen LogP contribution in [-0.2, 0) is 0 Å². The van der Waals surface area contributed by atoms with Gasteiger partial charge in [-0.2, -0.15) is 12.8 Å². The number of hydrogen-bond donors (Lipinski definition) is 0. The summed E-state index contributed by atoms with van der Waals surface area (Å²) in [5.74, 6) is 2.37. The maximum Gasteiger partial charge on any atom is 0.126 e. The molecule has 3 unspecified atom stereocenters. The van der Waals surface area contributed by atoms with Gasteiger partial charge in [-0.3, -0.25) is 0 Å². The van der Waals surface area contributed by atoms with Crippen LogP contribution in [0.3, 0.4) is 0 Å². The molecule has 101 valence electrons. The maximum atomic E-state index is 13.7. The second-order valence-corrected chi connectivity index (χ2v) is 6.14. The summed E-state index contributed by atoms with van der Waals surface area (Å²) in [7, 11) is 0. The fourth-order valence-corrected chi connectivity index (χ4v) is 3.82. The van der Waals surface area contributed by atoms with Crippen LogP contribution in [0.25, 0.3) is 0 Å². The van der Waals surface area contributed by atoms with Crippen molar-refractivity contribution in [2.24, 2.45) is 11.8 Å². The van der Waals surface area contributed by atoms with Crippen molar-refractivity contribution < 1.29 is 45.7 Å². The molecule has 1 aromatic carbocycles. The van der Waals surface area contributed by atoms with Crippen molar-refractivity contribution in [2.75, 3.05) is 0 Å². The molecule has 19 heavy (non-hydrogen) atoms. The zero-order valence-electron chi connectivity index (χ0n) is 11.7. The van der Waals surface area contributed by atoms with E-state index in [-0.39, 0.29) is 47.1 Å². The molecule has 0 spiro atoms. The molecule has 0 saturated heterocycles. The van der Waals surface area contributed by atoms with Crippen LogP contribution in [0.4, 0.5) is 4.39 Å². The molecule has 2 saturated carbocycles. The first-order chi connectivity index (χ1) is 8.74. The summed E-state index contributed by atoms with van der Waals surface area (Å²) in [6, 6.07) is 5.85. The minimum Gasteiger partial charge on any atom is -0.328 e. The quantitative estimate of drug-likeness (QED) is 0.595. The van der Waals surface area contributed by atoms with E-state index in [1.165, 1.54) is 44.1 Å². The minimum atomic E-state index is -0.0356. The zero-order chi connectivity index (χ0) is 12.5.